The molecule has 0 spiro atoms. The van der Waals surface area contributed by atoms with Crippen LogP contribution in [0.2, 0.25) is 0 Å². The number of fused-ring (bicyclic) bond motifs is 1. The smallest absolute Gasteiger partial charge is 0.0951 e. The van der Waals surface area contributed by atoms with Crippen molar-refractivity contribution in [2.24, 2.45) is 0 Å². The lowest BCUT2D eigenvalue weighted by molar-refractivity contribution is 0.0811. The zero-order valence-electron chi connectivity index (χ0n) is 9.98. The summed E-state index contributed by atoms with van der Waals surface area (Å²) in [6, 6.07) is 8.34. The highest BCUT2D eigenvalue weighted by Crippen LogP contribution is 2.33. The van der Waals surface area contributed by atoms with Crippen LogP contribution in [0.3, 0.4) is 0 Å². The highest BCUT2D eigenvalue weighted by atomic mass is 16.3. The van der Waals surface area contributed by atoms with E-state index in [0.717, 1.165) is 24.1 Å². The normalized spacial score (nSPS) is 23.5. The number of rotatable bonds is 3. The lowest BCUT2D eigenvalue weighted by atomic mass is 10.1. The van der Waals surface area contributed by atoms with Gasteiger partial charge in [-0.05, 0) is 31.5 Å². The fourth-order valence-electron chi connectivity index (χ4n) is 2.49. The highest BCUT2D eigenvalue weighted by molar-refractivity contribution is 5.35. The Morgan fingerprint density at radius 3 is 2.81 bits per heavy atom. The second-order valence-electron chi connectivity index (χ2n) is 4.79. The second-order valence-corrected chi connectivity index (χ2v) is 4.79. The van der Waals surface area contributed by atoms with Crippen molar-refractivity contribution < 1.29 is 5.11 Å². The SMILES string of the molecule is C=C(C)CN(C)C1Cc2ccccc2C1O. The van der Waals surface area contributed by atoms with Gasteiger partial charge in [-0.15, -0.1) is 0 Å². The third-order valence-corrected chi connectivity index (χ3v) is 3.25. The molecule has 0 heterocycles. The van der Waals surface area contributed by atoms with Crippen molar-refractivity contribution >= 4 is 0 Å². The summed E-state index contributed by atoms with van der Waals surface area (Å²) in [6.45, 7) is 6.78. The molecule has 2 heteroatoms. The van der Waals surface area contributed by atoms with Gasteiger partial charge in [0.2, 0.25) is 0 Å². The standard InChI is InChI=1S/C14H19NO/c1-10(2)9-15(3)13-8-11-6-4-5-7-12(11)14(13)16/h4-7,13-14,16H,1,8-9H2,2-3H3. The first-order valence-electron chi connectivity index (χ1n) is 5.70. The fourth-order valence-corrected chi connectivity index (χ4v) is 2.49. The van der Waals surface area contributed by atoms with Gasteiger partial charge in [-0.1, -0.05) is 36.4 Å². The molecule has 2 nitrogen and oxygen atoms in total. The van der Waals surface area contributed by atoms with Crippen LogP contribution in [0.1, 0.15) is 24.2 Å². The first-order chi connectivity index (χ1) is 7.59. The first kappa shape index (κ1) is 11.4. The molecule has 2 rings (SSSR count). The van der Waals surface area contributed by atoms with Crippen molar-refractivity contribution in [2.75, 3.05) is 13.6 Å². The van der Waals surface area contributed by atoms with Gasteiger partial charge in [-0.3, -0.25) is 4.90 Å². The van der Waals surface area contributed by atoms with Gasteiger partial charge in [0.15, 0.2) is 0 Å². The third kappa shape index (κ3) is 2.04. The van der Waals surface area contributed by atoms with Crippen LogP contribution in [0.4, 0.5) is 0 Å². The van der Waals surface area contributed by atoms with Gasteiger partial charge < -0.3 is 5.11 Å². The van der Waals surface area contributed by atoms with E-state index in [9.17, 15) is 5.11 Å². The number of hydrogen-bond acceptors (Lipinski definition) is 2. The maximum absolute atomic E-state index is 10.3. The second kappa shape index (κ2) is 4.40. The fraction of sp³-hybridized carbons (Fsp3) is 0.429. The van der Waals surface area contributed by atoms with Crippen LogP contribution in [0, 0.1) is 0 Å². The van der Waals surface area contributed by atoms with E-state index in [4.69, 9.17) is 0 Å². The van der Waals surface area contributed by atoms with E-state index in [2.05, 4.69) is 24.6 Å². The Hall–Kier alpha value is -1.12. The monoisotopic (exact) mass is 217 g/mol. The Labute approximate surface area is 97.2 Å². The molecular formula is C14H19NO. The summed E-state index contributed by atoms with van der Waals surface area (Å²) in [6.07, 6.45) is 0.571. The molecule has 0 saturated carbocycles. The molecule has 2 atom stereocenters. The van der Waals surface area contributed by atoms with Crippen LogP contribution in [0.5, 0.6) is 0 Å². The predicted octanol–water partition coefficient (Wildman–Crippen LogP) is 2.15. The molecule has 16 heavy (non-hydrogen) atoms. The molecule has 2 unspecified atom stereocenters. The average Bonchev–Trinajstić information content (AvgIpc) is 2.56. The van der Waals surface area contributed by atoms with Gasteiger partial charge in [-0.25, -0.2) is 0 Å². The van der Waals surface area contributed by atoms with Crippen LogP contribution in [0.25, 0.3) is 0 Å². The van der Waals surface area contributed by atoms with Crippen molar-refractivity contribution in [2.45, 2.75) is 25.5 Å². The topological polar surface area (TPSA) is 23.5 Å². The molecule has 0 aromatic heterocycles. The van der Waals surface area contributed by atoms with Crippen LogP contribution >= 0.6 is 0 Å². The van der Waals surface area contributed by atoms with E-state index in [0.29, 0.717) is 0 Å². The number of aliphatic hydroxyl groups excluding tert-OH is 1. The van der Waals surface area contributed by atoms with Crippen LogP contribution in [0.15, 0.2) is 36.4 Å². The molecule has 1 aliphatic carbocycles. The third-order valence-electron chi connectivity index (χ3n) is 3.25. The quantitative estimate of drug-likeness (QED) is 0.784. The molecule has 0 radical (unpaired) electrons. The molecule has 0 bridgehead atoms. The minimum Gasteiger partial charge on any atom is -0.387 e. The van der Waals surface area contributed by atoms with Crippen molar-refractivity contribution in [1.29, 1.82) is 0 Å². The van der Waals surface area contributed by atoms with E-state index in [-0.39, 0.29) is 12.1 Å². The summed E-state index contributed by atoms with van der Waals surface area (Å²) in [5, 5.41) is 10.3. The maximum atomic E-state index is 10.3. The van der Waals surface area contributed by atoms with Gasteiger partial charge in [0, 0.05) is 12.6 Å². The molecule has 86 valence electrons. The number of likely N-dealkylation sites (N-methyl/N-ethyl adjacent to an activating group) is 1. The minimum atomic E-state index is -0.361. The summed E-state index contributed by atoms with van der Waals surface area (Å²) in [4.78, 5) is 2.19. The Balaban J connectivity index is 2.15. The molecule has 1 aliphatic rings. The number of hydrogen-bond donors (Lipinski definition) is 1. The number of nitrogens with zero attached hydrogens (tertiary/aromatic N) is 1. The van der Waals surface area contributed by atoms with Crippen LogP contribution in [-0.2, 0) is 6.42 Å². The van der Waals surface area contributed by atoms with E-state index in [1.807, 2.05) is 25.1 Å². The van der Waals surface area contributed by atoms with Crippen molar-refractivity contribution in [3.8, 4) is 0 Å². The number of aliphatic hydroxyl groups is 1. The van der Waals surface area contributed by atoms with Crippen molar-refractivity contribution in [1.82, 2.24) is 4.90 Å². The molecule has 1 N–H and O–H groups in total. The molecule has 0 saturated heterocycles. The van der Waals surface area contributed by atoms with Crippen molar-refractivity contribution in [3.63, 3.8) is 0 Å². The molecule has 1 aromatic carbocycles. The summed E-state index contributed by atoms with van der Waals surface area (Å²) in [5.74, 6) is 0. The Bertz CT molecular complexity index is 399. The van der Waals surface area contributed by atoms with Crippen LogP contribution in [-0.4, -0.2) is 29.6 Å². The zero-order valence-corrected chi connectivity index (χ0v) is 9.98. The zero-order chi connectivity index (χ0) is 11.7. The van der Waals surface area contributed by atoms with Crippen molar-refractivity contribution in [3.05, 3.63) is 47.5 Å². The molecular weight excluding hydrogens is 198 g/mol. The summed E-state index contributed by atoms with van der Waals surface area (Å²) in [5.41, 5.74) is 3.49. The van der Waals surface area contributed by atoms with E-state index in [1.165, 1.54) is 5.56 Å². The molecule has 1 aromatic rings. The maximum Gasteiger partial charge on any atom is 0.0951 e. The Morgan fingerprint density at radius 1 is 1.50 bits per heavy atom. The molecule has 0 aliphatic heterocycles. The first-order valence-corrected chi connectivity index (χ1v) is 5.70. The van der Waals surface area contributed by atoms with Gasteiger partial charge in [-0.2, -0.15) is 0 Å². The summed E-state index contributed by atoms with van der Waals surface area (Å²) < 4.78 is 0. The van der Waals surface area contributed by atoms with Gasteiger partial charge >= 0.3 is 0 Å². The van der Waals surface area contributed by atoms with E-state index < -0.39 is 0 Å². The summed E-state index contributed by atoms with van der Waals surface area (Å²) in [7, 11) is 2.05. The highest BCUT2D eigenvalue weighted by Gasteiger charge is 2.32. The average molecular weight is 217 g/mol. The Kier molecular flexibility index (Phi) is 3.13. The lowest BCUT2D eigenvalue weighted by Gasteiger charge is -2.27. The van der Waals surface area contributed by atoms with Crippen LogP contribution < -0.4 is 0 Å². The van der Waals surface area contributed by atoms with Gasteiger partial charge in [0.1, 0.15) is 0 Å². The summed E-state index contributed by atoms with van der Waals surface area (Å²) >= 11 is 0. The predicted molar refractivity (Wildman–Crippen MR) is 66.3 cm³/mol. The van der Waals surface area contributed by atoms with Gasteiger partial charge in [0.05, 0.1) is 6.10 Å². The molecule has 0 fully saturated rings. The number of benzene rings is 1. The van der Waals surface area contributed by atoms with E-state index in [1.54, 1.807) is 0 Å². The Morgan fingerprint density at radius 2 is 2.19 bits per heavy atom. The molecule has 0 amide bonds. The minimum absolute atomic E-state index is 0.189. The largest absolute Gasteiger partial charge is 0.387 e. The van der Waals surface area contributed by atoms with E-state index >= 15 is 0 Å². The van der Waals surface area contributed by atoms with Gasteiger partial charge in [0.25, 0.3) is 0 Å². The lowest BCUT2D eigenvalue weighted by Crippen LogP contribution is -2.36.